The van der Waals surface area contributed by atoms with Crippen LogP contribution >= 0.6 is 0 Å². The smallest absolute Gasteiger partial charge is 0.228 e. The van der Waals surface area contributed by atoms with Gasteiger partial charge in [0, 0.05) is 18.9 Å². The summed E-state index contributed by atoms with van der Waals surface area (Å²) in [7, 11) is 0. The third kappa shape index (κ3) is 4.46. The molecule has 0 saturated heterocycles. The van der Waals surface area contributed by atoms with Gasteiger partial charge in [0.25, 0.3) is 0 Å². The Balaban J connectivity index is 1.93. The van der Waals surface area contributed by atoms with E-state index in [0.717, 1.165) is 12.2 Å². The summed E-state index contributed by atoms with van der Waals surface area (Å²) in [6, 6.07) is 8.46. The second-order valence-corrected chi connectivity index (χ2v) is 5.86. The van der Waals surface area contributed by atoms with Crippen molar-refractivity contribution in [3.05, 3.63) is 47.1 Å². The fourth-order valence-corrected chi connectivity index (χ4v) is 2.25. The standard InChI is InChI=1S/C16H23N3O/c1-11(2)8-14(17)10-16-18-15(19-20-16)9-13-6-4-12(3)5-7-13/h4-7,11,14H,8-10,17H2,1-3H3. The summed E-state index contributed by atoms with van der Waals surface area (Å²) in [6.45, 7) is 6.40. The van der Waals surface area contributed by atoms with Crippen LogP contribution in [0.2, 0.25) is 0 Å². The largest absolute Gasteiger partial charge is 0.339 e. The zero-order chi connectivity index (χ0) is 14.5. The minimum atomic E-state index is 0.0858. The van der Waals surface area contributed by atoms with Gasteiger partial charge in [0.2, 0.25) is 5.89 Å². The molecule has 0 aliphatic rings. The van der Waals surface area contributed by atoms with Crippen molar-refractivity contribution in [3.8, 4) is 0 Å². The molecule has 1 aromatic heterocycles. The molecular weight excluding hydrogens is 250 g/mol. The van der Waals surface area contributed by atoms with E-state index in [1.54, 1.807) is 0 Å². The molecule has 4 heteroatoms. The number of hydrogen-bond donors (Lipinski definition) is 1. The highest BCUT2D eigenvalue weighted by Gasteiger charge is 2.12. The van der Waals surface area contributed by atoms with Crippen molar-refractivity contribution in [2.45, 2.75) is 46.1 Å². The van der Waals surface area contributed by atoms with Crippen LogP contribution in [0.25, 0.3) is 0 Å². The van der Waals surface area contributed by atoms with Crippen molar-refractivity contribution in [2.24, 2.45) is 11.7 Å². The van der Waals surface area contributed by atoms with Gasteiger partial charge in [-0.15, -0.1) is 0 Å². The summed E-state index contributed by atoms with van der Waals surface area (Å²) in [5, 5.41) is 4.02. The molecule has 0 aliphatic heterocycles. The molecule has 0 fully saturated rings. The van der Waals surface area contributed by atoms with E-state index in [1.165, 1.54) is 11.1 Å². The molecular formula is C16H23N3O. The number of rotatable bonds is 6. The van der Waals surface area contributed by atoms with E-state index in [9.17, 15) is 0 Å². The summed E-state index contributed by atoms with van der Waals surface area (Å²) in [4.78, 5) is 4.42. The van der Waals surface area contributed by atoms with Crippen LogP contribution in [0.3, 0.4) is 0 Å². The molecule has 0 saturated carbocycles. The SMILES string of the molecule is Cc1ccc(Cc2noc(CC(N)CC(C)C)n2)cc1. The molecule has 0 amide bonds. The average Bonchev–Trinajstić information content (AvgIpc) is 2.78. The first kappa shape index (κ1) is 14.7. The fourth-order valence-electron chi connectivity index (χ4n) is 2.25. The van der Waals surface area contributed by atoms with Crippen LogP contribution in [0, 0.1) is 12.8 Å². The predicted molar refractivity (Wildman–Crippen MR) is 79.4 cm³/mol. The zero-order valence-corrected chi connectivity index (χ0v) is 12.5. The monoisotopic (exact) mass is 273 g/mol. The Bertz CT molecular complexity index is 531. The third-order valence-corrected chi connectivity index (χ3v) is 3.20. The van der Waals surface area contributed by atoms with Crippen LogP contribution in [0.4, 0.5) is 0 Å². The van der Waals surface area contributed by atoms with E-state index in [0.29, 0.717) is 24.7 Å². The Morgan fingerprint density at radius 3 is 2.55 bits per heavy atom. The Morgan fingerprint density at radius 1 is 1.20 bits per heavy atom. The number of nitrogens with zero attached hydrogens (tertiary/aromatic N) is 2. The van der Waals surface area contributed by atoms with Gasteiger partial charge >= 0.3 is 0 Å². The molecule has 0 radical (unpaired) electrons. The summed E-state index contributed by atoms with van der Waals surface area (Å²) in [5.41, 5.74) is 8.50. The molecule has 1 unspecified atom stereocenters. The highest BCUT2D eigenvalue weighted by atomic mass is 16.5. The first-order valence-corrected chi connectivity index (χ1v) is 7.15. The fraction of sp³-hybridized carbons (Fsp3) is 0.500. The van der Waals surface area contributed by atoms with Gasteiger partial charge in [0.1, 0.15) is 0 Å². The molecule has 1 heterocycles. The van der Waals surface area contributed by atoms with Gasteiger partial charge in [-0.05, 0) is 24.8 Å². The molecule has 1 aromatic carbocycles. The van der Waals surface area contributed by atoms with Gasteiger partial charge in [0.05, 0.1) is 0 Å². The molecule has 0 spiro atoms. The maximum absolute atomic E-state index is 6.06. The Kier molecular flexibility index (Phi) is 4.90. The second-order valence-electron chi connectivity index (χ2n) is 5.86. The predicted octanol–water partition coefficient (Wildman–Crippen LogP) is 2.88. The van der Waals surface area contributed by atoms with E-state index in [4.69, 9.17) is 10.3 Å². The van der Waals surface area contributed by atoms with Crippen molar-refractivity contribution in [1.82, 2.24) is 10.1 Å². The van der Waals surface area contributed by atoms with E-state index >= 15 is 0 Å². The van der Waals surface area contributed by atoms with Gasteiger partial charge in [0.15, 0.2) is 5.82 Å². The van der Waals surface area contributed by atoms with Crippen LogP contribution in [0.1, 0.15) is 43.1 Å². The van der Waals surface area contributed by atoms with Gasteiger partial charge in [-0.3, -0.25) is 0 Å². The van der Waals surface area contributed by atoms with Crippen LogP contribution in [-0.4, -0.2) is 16.2 Å². The van der Waals surface area contributed by atoms with Crippen LogP contribution in [0.15, 0.2) is 28.8 Å². The summed E-state index contributed by atoms with van der Waals surface area (Å²) in [6.07, 6.45) is 2.32. The van der Waals surface area contributed by atoms with Crippen LogP contribution in [0.5, 0.6) is 0 Å². The summed E-state index contributed by atoms with van der Waals surface area (Å²) in [5.74, 6) is 1.95. The van der Waals surface area contributed by atoms with Crippen molar-refractivity contribution in [2.75, 3.05) is 0 Å². The number of nitrogens with two attached hydrogens (primary N) is 1. The summed E-state index contributed by atoms with van der Waals surface area (Å²) >= 11 is 0. The van der Waals surface area contributed by atoms with Crippen LogP contribution < -0.4 is 5.73 Å². The summed E-state index contributed by atoms with van der Waals surface area (Å²) < 4.78 is 5.27. The lowest BCUT2D eigenvalue weighted by atomic mass is 10.0. The van der Waals surface area contributed by atoms with E-state index < -0.39 is 0 Å². The Hall–Kier alpha value is -1.68. The second kappa shape index (κ2) is 6.66. The highest BCUT2D eigenvalue weighted by molar-refractivity contribution is 5.23. The van der Waals surface area contributed by atoms with Crippen molar-refractivity contribution >= 4 is 0 Å². The molecule has 0 aliphatic carbocycles. The number of aryl methyl sites for hydroxylation is 1. The lowest BCUT2D eigenvalue weighted by molar-refractivity contribution is 0.355. The normalized spacial score (nSPS) is 12.8. The lowest BCUT2D eigenvalue weighted by Gasteiger charge is -2.10. The molecule has 2 N–H and O–H groups in total. The van der Waals surface area contributed by atoms with Gasteiger partial charge < -0.3 is 10.3 Å². The molecule has 108 valence electrons. The van der Waals surface area contributed by atoms with Gasteiger partial charge in [-0.1, -0.05) is 48.8 Å². The minimum absolute atomic E-state index is 0.0858. The van der Waals surface area contributed by atoms with E-state index in [-0.39, 0.29) is 6.04 Å². The molecule has 1 atom stereocenters. The Morgan fingerprint density at radius 2 is 1.90 bits per heavy atom. The zero-order valence-electron chi connectivity index (χ0n) is 12.5. The topological polar surface area (TPSA) is 64.9 Å². The molecule has 2 aromatic rings. The van der Waals surface area contributed by atoms with Crippen molar-refractivity contribution in [3.63, 3.8) is 0 Å². The average molecular weight is 273 g/mol. The van der Waals surface area contributed by atoms with Crippen molar-refractivity contribution < 1.29 is 4.52 Å². The molecule has 20 heavy (non-hydrogen) atoms. The lowest BCUT2D eigenvalue weighted by Crippen LogP contribution is -2.24. The van der Waals surface area contributed by atoms with E-state index in [2.05, 4.69) is 55.2 Å². The first-order valence-electron chi connectivity index (χ1n) is 7.15. The van der Waals surface area contributed by atoms with E-state index in [1.807, 2.05) is 0 Å². The molecule has 2 rings (SSSR count). The third-order valence-electron chi connectivity index (χ3n) is 3.20. The highest BCUT2D eigenvalue weighted by Crippen LogP contribution is 2.11. The Labute approximate surface area is 120 Å². The number of aromatic nitrogens is 2. The molecule has 4 nitrogen and oxygen atoms in total. The van der Waals surface area contributed by atoms with Gasteiger partial charge in [-0.25, -0.2) is 0 Å². The quantitative estimate of drug-likeness (QED) is 0.879. The number of benzene rings is 1. The van der Waals surface area contributed by atoms with Crippen LogP contribution in [-0.2, 0) is 12.8 Å². The van der Waals surface area contributed by atoms with Gasteiger partial charge in [-0.2, -0.15) is 4.98 Å². The van der Waals surface area contributed by atoms with Crippen molar-refractivity contribution in [1.29, 1.82) is 0 Å². The first-order chi connectivity index (χ1) is 9.52. The molecule has 0 bridgehead atoms. The number of hydrogen-bond acceptors (Lipinski definition) is 4. The maximum atomic E-state index is 6.06. The maximum Gasteiger partial charge on any atom is 0.228 e. The minimum Gasteiger partial charge on any atom is -0.339 e.